The highest BCUT2D eigenvalue weighted by Gasteiger charge is 2.22. The minimum Gasteiger partial charge on any atom is -0.438 e. The minimum absolute atomic E-state index is 0.130. The van der Waals surface area contributed by atoms with Crippen molar-refractivity contribution in [1.29, 1.82) is 0 Å². The summed E-state index contributed by atoms with van der Waals surface area (Å²) in [6.45, 7) is 5.67. The predicted molar refractivity (Wildman–Crippen MR) is 126 cm³/mol. The third kappa shape index (κ3) is 6.87. The second kappa shape index (κ2) is 12.3. The molecule has 0 saturated carbocycles. The van der Waals surface area contributed by atoms with Crippen LogP contribution in [0.3, 0.4) is 0 Å². The molecule has 1 atom stereocenters. The van der Waals surface area contributed by atoms with Gasteiger partial charge >= 0.3 is 0 Å². The van der Waals surface area contributed by atoms with Gasteiger partial charge in [-0.25, -0.2) is 13.5 Å². The number of aliphatic hydroxyl groups excluding tert-OH is 1. The lowest BCUT2D eigenvalue weighted by Gasteiger charge is -2.25. The summed E-state index contributed by atoms with van der Waals surface area (Å²) in [6, 6.07) is 11.7. The van der Waals surface area contributed by atoms with Crippen molar-refractivity contribution in [3.05, 3.63) is 71.4 Å². The number of nitrogens with zero attached hydrogens (tertiary/aromatic N) is 3. The number of hydrogen-bond donors (Lipinski definition) is 1. The van der Waals surface area contributed by atoms with Crippen LogP contribution in [0.15, 0.2) is 48.5 Å². The van der Waals surface area contributed by atoms with Crippen molar-refractivity contribution >= 4 is 0 Å². The van der Waals surface area contributed by atoms with Crippen molar-refractivity contribution in [3.8, 4) is 29.7 Å². The fourth-order valence-electron chi connectivity index (χ4n) is 3.60. The topological polar surface area (TPSA) is 59.8 Å². The van der Waals surface area contributed by atoms with Crippen LogP contribution in [-0.4, -0.2) is 52.2 Å². The van der Waals surface area contributed by atoms with Crippen LogP contribution in [0.4, 0.5) is 8.78 Å². The smallest absolute Gasteiger partial charge is 0.227 e. The molecule has 1 aromatic heterocycles. The van der Waals surface area contributed by atoms with E-state index in [0.29, 0.717) is 42.6 Å². The summed E-state index contributed by atoms with van der Waals surface area (Å²) in [7, 11) is 0. The van der Waals surface area contributed by atoms with Crippen LogP contribution in [-0.2, 0) is 11.3 Å². The average Bonchev–Trinajstić information content (AvgIpc) is 3.09. The van der Waals surface area contributed by atoms with E-state index >= 15 is 0 Å². The maximum Gasteiger partial charge on any atom is 0.227 e. The molecule has 1 N–H and O–H groups in total. The third-order valence-corrected chi connectivity index (χ3v) is 5.11. The lowest BCUT2D eigenvalue weighted by Crippen LogP contribution is -2.35. The van der Waals surface area contributed by atoms with E-state index in [1.807, 2.05) is 13.8 Å². The second-order valence-electron chi connectivity index (χ2n) is 7.92. The molecule has 6 nitrogen and oxygen atoms in total. The molecule has 0 aliphatic carbocycles. The van der Waals surface area contributed by atoms with E-state index in [1.54, 1.807) is 28.9 Å². The maximum absolute atomic E-state index is 13.8. The molecular formula is C26H29F2N3O3. The van der Waals surface area contributed by atoms with Crippen molar-refractivity contribution in [1.82, 2.24) is 14.7 Å². The van der Waals surface area contributed by atoms with Gasteiger partial charge in [0.25, 0.3) is 0 Å². The van der Waals surface area contributed by atoms with Crippen molar-refractivity contribution in [2.75, 3.05) is 26.3 Å². The quantitative estimate of drug-likeness (QED) is 0.313. The highest BCUT2D eigenvalue weighted by molar-refractivity contribution is 5.43. The molecule has 180 valence electrons. The molecule has 0 bridgehead atoms. The highest BCUT2D eigenvalue weighted by atomic mass is 19.1. The number of rotatable bonds is 12. The molecule has 0 amide bonds. The molecule has 1 heterocycles. The highest BCUT2D eigenvalue weighted by Crippen LogP contribution is 2.32. The van der Waals surface area contributed by atoms with E-state index in [1.165, 1.54) is 24.3 Å². The van der Waals surface area contributed by atoms with Gasteiger partial charge in [0.1, 0.15) is 24.0 Å². The molecule has 0 saturated heterocycles. The maximum atomic E-state index is 13.8. The number of terminal acetylenes is 1. The Labute approximate surface area is 198 Å². The largest absolute Gasteiger partial charge is 0.438 e. The number of hydrogen-bond acceptors (Lipinski definition) is 5. The number of aromatic nitrogens is 2. The Balaban J connectivity index is 1.94. The fraction of sp³-hybridized carbons (Fsp3) is 0.346. The van der Waals surface area contributed by atoms with Gasteiger partial charge in [0, 0.05) is 19.2 Å². The first kappa shape index (κ1) is 25.4. The zero-order valence-corrected chi connectivity index (χ0v) is 19.4. The van der Waals surface area contributed by atoms with Crippen LogP contribution in [0.5, 0.6) is 11.6 Å². The predicted octanol–water partition coefficient (Wildman–Crippen LogP) is 4.47. The van der Waals surface area contributed by atoms with Gasteiger partial charge in [0.15, 0.2) is 0 Å². The molecule has 0 unspecified atom stereocenters. The standard InChI is InChI=1S/C26H29F2N3O3/c1-4-13-30(16-23(32)18-33-14-5-2)17-25-19(3)29-31(22-11-9-20(27)10-12-22)26(25)34-24-8-6-7-21(28)15-24/h2,6-12,15,23,32H,4,13-14,16-18H2,1,3H3/t23-/m0/s1. The Morgan fingerprint density at radius 2 is 1.94 bits per heavy atom. The van der Waals surface area contributed by atoms with Gasteiger partial charge in [0.05, 0.1) is 29.7 Å². The van der Waals surface area contributed by atoms with E-state index in [0.717, 1.165) is 12.0 Å². The van der Waals surface area contributed by atoms with E-state index in [2.05, 4.69) is 15.9 Å². The zero-order chi connectivity index (χ0) is 24.5. The lowest BCUT2D eigenvalue weighted by molar-refractivity contribution is 0.0259. The average molecular weight is 470 g/mol. The SMILES string of the molecule is C#CCOC[C@@H](O)CN(CCC)Cc1c(C)nn(-c2ccc(F)cc2)c1Oc1cccc(F)c1. The van der Waals surface area contributed by atoms with Crippen LogP contribution in [0.25, 0.3) is 5.69 Å². The summed E-state index contributed by atoms with van der Waals surface area (Å²) in [5, 5.41) is 15.0. The van der Waals surface area contributed by atoms with E-state index < -0.39 is 11.9 Å². The Morgan fingerprint density at radius 3 is 2.62 bits per heavy atom. The van der Waals surface area contributed by atoms with Gasteiger partial charge in [-0.05, 0) is 56.3 Å². The Kier molecular flexibility index (Phi) is 9.16. The zero-order valence-electron chi connectivity index (χ0n) is 19.4. The molecule has 0 spiro atoms. The monoisotopic (exact) mass is 469 g/mol. The molecular weight excluding hydrogens is 440 g/mol. The van der Waals surface area contributed by atoms with Crippen LogP contribution in [0, 0.1) is 30.9 Å². The lowest BCUT2D eigenvalue weighted by atomic mass is 10.2. The Morgan fingerprint density at radius 1 is 1.18 bits per heavy atom. The Bertz CT molecular complexity index is 1110. The molecule has 0 aliphatic rings. The normalized spacial score (nSPS) is 12.0. The van der Waals surface area contributed by atoms with Crippen LogP contribution >= 0.6 is 0 Å². The summed E-state index contributed by atoms with van der Waals surface area (Å²) in [5.74, 6) is 2.30. The van der Waals surface area contributed by atoms with Crippen LogP contribution < -0.4 is 4.74 Å². The third-order valence-electron chi connectivity index (χ3n) is 5.11. The number of halogens is 2. The van der Waals surface area contributed by atoms with Gasteiger partial charge in [-0.1, -0.05) is 18.9 Å². The molecule has 8 heteroatoms. The van der Waals surface area contributed by atoms with E-state index in [-0.39, 0.29) is 19.0 Å². The summed E-state index contributed by atoms with van der Waals surface area (Å²) < 4.78 is 40.3. The molecule has 2 aromatic carbocycles. The summed E-state index contributed by atoms with van der Waals surface area (Å²) in [5.41, 5.74) is 2.08. The van der Waals surface area contributed by atoms with Crippen molar-refractivity contribution in [3.63, 3.8) is 0 Å². The molecule has 3 aromatic rings. The number of aliphatic hydroxyl groups is 1. The number of aryl methyl sites for hydroxylation is 1. The summed E-state index contributed by atoms with van der Waals surface area (Å²) in [6.07, 6.45) is 5.34. The van der Waals surface area contributed by atoms with Gasteiger partial charge < -0.3 is 14.6 Å². The van der Waals surface area contributed by atoms with E-state index in [9.17, 15) is 13.9 Å². The van der Waals surface area contributed by atoms with Gasteiger partial charge in [-0.2, -0.15) is 5.10 Å². The van der Waals surface area contributed by atoms with Crippen LogP contribution in [0.2, 0.25) is 0 Å². The Hall–Kier alpha value is -3.25. The van der Waals surface area contributed by atoms with Gasteiger partial charge in [-0.3, -0.25) is 4.90 Å². The van der Waals surface area contributed by atoms with Crippen LogP contribution in [0.1, 0.15) is 24.6 Å². The number of benzene rings is 2. The molecule has 0 fully saturated rings. The van der Waals surface area contributed by atoms with Crippen molar-refractivity contribution in [2.45, 2.75) is 32.9 Å². The first-order valence-electron chi connectivity index (χ1n) is 11.1. The summed E-state index contributed by atoms with van der Waals surface area (Å²) in [4.78, 5) is 2.07. The molecule has 34 heavy (non-hydrogen) atoms. The van der Waals surface area contributed by atoms with Crippen molar-refractivity contribution < 1.29 is 23.4 Å². The number of ether oxygens (including phenoxy) is 2. The fourth-order valence-corrected chi connectivity index (χ4v) is 3.60. The molecule has 0 aliphatic heterocycles. The van der Waals surface area contributed by atoms with Gasteiger partial charge in [-0.15, -0.1) is 6.42 Å². The minimum atomic E-state index is -0.722. The first-order valence-corrected chi connectivity index (χ1v) is 11.1. The molecule has 0 radical (unpaired) electrons. The summed E-state index contributed by atoms with van der Waals surface area (Å²) >= 11 is 0. The molecule has 3 rings (SSSR count). The van der Waals surface area contributed by atoms with Gasteiger partial charge in [0.2, 0.25) is 5.88 Å². The first-order chi connectivity index (χ1) is 16.4. The van der Waals surface area contributed by atoms with Crippen molar-refractivity contribution in [2.24, 2.45) is 0 Å². The van der Waals surface area contributed by atoms with E-state index in [4.69, 9.17) is 15.9 Å². The second-order valence-corrected chi connectivity index (χ2v) is 7.92.